The van der Waals surface area contributed by atoms with Crippen molar-refractivity contribution in [3.63, 3.8) is 0 Å². The van der Waals surface area contributed by atoms with Gasteiger partial charge in [0.1, 0.15) is 6.61 Å². The summed E-state index contributed by atoms with van der Waals surface area (Å²) < 4.78 is 6.54. The number of benzene rings is 1. The third-order valence-electron chi connectivity index (χ3n) is 2.13. The van der Waals surface area contributed by atoms with Gasteiger partial charge in [-0.1, -0.05) is 39.7 Å². The first kappa shape index (κ1) is 12.2. The monoisotopic (exact) mass is 312 g/mol. The number of nitrogens with zero attached hydrogens (tertiary/aromatic N) is 1. The first-order valence-corrected chi connectivity index (χ1v) is 6.10. The Bertz CT molecular complexity index is 516. The minimum Gasteiger partial charge on any atom is -0.471 e. The van der Waals surface area contributed by atoms with Crippen LogP contribution >= 0.6 is 27.5 Å². The molecule has 0 saturated heterocycles. The van der Waals surface area contributed by atoms with E-state index >= 15 is 0 Å². The summed E-state index contributed by atoms with van der Waals surface area (Å²) in [6, 6.07) is 9.46. The average molecular weight is 314 g/mol. The van der Waals surface area contributed by atoms with Crippen molar-refractivity contribution >= 4 is 33.2 Å². The van der Waals surface area contributed by atoms with Crippen LogP contribution in [0.2, 0.25) is 5.02 Å². The van der Waals surface area contributed by atoms with Crippen LogP contribution in [0.3, 0.4) is 0 Å². The molecule has 88 valence electrons. The molecule has 0 spiro atoms. The highest BCUT2D eigenvalue weighted by molar-refractivity contribution is 9.10. The van der Waals surface area contributed by atoms with E-state index in [-0.39, 0.29) is 0 Å². The van der Waals surface area contributed by atoms with Gasteiger partial charge in [-0.25, -0.2) is 4.98 Å². The van der Waals surface area contributed by atoms with Crippen LogP contribution in [-0.4, -0.2) is 4.98 Å². The standard InChI is InChI=1S/C12H10BrClN2O/c13-9-3-1-8(2-4-9)7-17-12-11(15)5-10(14)6-16-12/h1-6H,7,15H2. The zero-order valence-corrected chi connectivity index (χ0v) is 11.2. The van der Waals surface area contributed by atoms with E-state index in [9.17, 15) is 0 Å². The zero-order chi connectivity index (χ0) is 12.3. The number of halogens is 2. The van der Waals surface area contributed by atoms with Crippen LogP contribution < -0.4 is 10.5 Å². The number of nitrogen functional groups attached to an aromatic ring is 1. The molecule has 1 heterocycles. The summed E-state index contributed by atoms with van der Waals surface area (Å²) in [5.41, 5.74) is 7.22. The molecule has 0 bridgehead atoms. The molecule has 0 aliphatic carbocycles. The minimum absolute atomic E-state index is 0.400. The van der Waals surface area contributed by atoms with Gasteiger partial charge in [0.05, 0.1) is 10.7 Å². The molecule has 0 amide bonds. The molecule has 0 unspecified atom stereocenters. The van der Waals surface area contributed by atoms with Crippen LogP contribution in [0, 0.1) is 0 Å². The molecule has 3 nitrogen and oxygen atoms in total. The minimum atomic E-state index is 0.400. The molecule has 1 aromatic carbocycles. The van der Waals surface area contributed by atoms with Crippen LogP contribution in [0.4, 0.5) is 5.69 Å². The van der Waals surface area contributed by atoms with Crippen LogP contribution in [0.5, 0.6) is 5.88 Å². The molecule has 0 atom stereocenters. The van der Waals surface area contributed by atoms with E-state index in [4.69, 9.17) is 22.1 Å². The van der Waals surface area contributed by atoms with Gasteiger partial charge in [-0.15, -0.1) is 0 Å². The molecule has 0 radical (unpaired) electrons. The lowest BCUT2D eigenvalue weighted by molar-refractivity contribution is 0.296. The second-order valence-corrected chi connectivity index (χ2v) is 4.82. The largest absolute Gasteiger partial charge is 0.471 e. The number of pyridine rings is 1. The van der Waals surface area contributed by atoms with Crippen molar-refractivity contribution in [3.8, 4) is 5.88 Å². The van der Waals surface area contributed by atoms with Crippen molar-refractivity contribution in [1.82, 2.24) is 4.98 Å². The third kappa shape index (κ3) is 3.35. The van der Waals surface area contributed by atoms with Crippen LogP contribution in [-0.2, 0) is 6.61 Å². The summed E-state index contributed by atoms with van der Waals surface area (Å²) in [6.45, 7) is 0.423. The van der Waals surface area contributed by atoms with Gasteiger partial charge in [-0.3, -0.25) is 0 Å². The molecule has 1 aromatic heterocycles. The maximum absolute atomic E-state index is 5.75. The maximum Gasteiger partial charge on any atom is 0.237 e. The number of hydrogen-bond donors (Lipinski definition) is 1. The van der Waals surface area contributed by atoms with E-state index in [0.717, 1.165) is 10.0 Å². The van der Waals surface area contributed by atoms with Crippen LogP contribution in [0.25, 0.3) is 0 Å². The lowest BCUT2D eigenvalue weighted by Crippen LogP contribution is -2.00. The highest BCUT2D eigenvalue weighted by atomic mass is 79.9. The predicted octanol–water partition coefficient (Wildman–Crippen LogP) is 3.66. The molecule has 2 N–H and O–H groups in total. The number of ether oxygens (including phenoxy) is 1. The molecule has 2 aromatic rings. The number of nitrogens with two attached hydrogens (primary N) is 1. The Balaban J connectivity index is 2.04. The summed E-state index contributed by atoms with van der Waals surface area (Å²) >= 11 is 9.12. The van der Waals surface area contributed by atoms with E-state index in [1.165, 1.54) is 6.20 Å². The van der Waals surface area contributed by atoms with Crippen LogP contribution in [0.1, 0.15) is 5.56 Å². The van der Waals surface area contributed by atoms with E-state index in [1.54, 1.807) is 6.07 Å². The Morgan fingerprint density at radius 1 is 1.29 bits per heavy atom. The Labute approximate surface area is 113 Å². The summed E-state index contributed by atoms with van der Waals surface area (Å²) in [5.74, 6) is 0.400. The first-order valence-electron chi connectivity index (χ1n) is 4.93. The van der Waals surface area contributed by atoms with Crippen molar-refractivity contribution in [1.29, 1.82) is 0 Å². The predicted molar refractivity (Wildman–Crippen MR) is 72.1 cm³/mol. The van der Waals surface area contributed by atoms with E-state index < -0.39 is 0 Å². The highest BCUT2D eigenvalue weighted by Gasteiger charge is 2.03. The van der Waals surface area contributed by atoms with Crippen molar-refractivity contribution in [2.75, 3.05) is 5.73 Å². The zero-order valence-electron chi connectivity index (χ0n) is 8.86. The van der Waals surface area contributed by atoms with E-state index in [1.807, 2.05) is 24.3 Å². The van der Waals surface area contributed by atoms with Crippen molar-refractivity contribution in [3.05, 3.63) is 51.6 Å². The van der Waals surface area contributed by atoms with Gasteiger partial charge in [-0.05, 0) is 23.8 Å². The van der Waals surface area contributed by atoms with Gasteiger partial charge in [0.15, 0.2) is 0 Å². The summed E-state index contributed by atoms with van der Waals surface area (Å²) in [6.07, 6.45) is 1.51. The Morgan fingerprint density at radius 3 is 2.65 bits per heavy atom. The molecule has 0 aliphatic heterocycles. The highest BCUT2D eigenvalue weighted by Crippen LogP contribution is 2.22. The summed E-state index contributed by atoms with van der Waals surface area (Å²) in [7, 11) is 0. The second kappa shape index (κ2) is 5.38. The molecular weight excluding hydrogens is 304 g/mol. The van der Waals surface area contributed by atoms with Gasteiger partial charge in [-0.2, -0.15) is 0 Å². The smallest absolute Gasteiger partial charge is 0.237 e. The molecular formula is C12H10BrClN2O. The second-order valence-electron chi connectivity index (χ2n) is 3.46. The van der Waals surface area contributed by atoms with E-state index in [2.05, 4.69) is 20.9 Å². The van der Waals surface area contributed by atoms with Crippen molar-refractivity contribution in [2.24, 2.45) is 0 Å². The fourth-order valence-electron chi connectivity index (χ4n) is 1.30. The van der Waals surface area contributed by atoms with Crippen molar-refractivity contribution in [2.45, 2.75) is 6.61 Å². The maximum atomic E-state index is 5.75. The number of aromatic nitrogens is 1. The van der Waals surface area contributed by atoms with Crippen LogP contribution in [0.15, 0.2) is 41.0 Å². The molecule has 0 aliphatic rings. The fraction of sp³-hybridized carbons (Fsp3) is 0.0833. The normalized spacial score (nSPS) is 10.2. The SMILES string of the molecule is Nc1cc(Cl)cnc1OCc1ccc(Br)cc1. The third-order valence-corrected chi connectivity index (χ3v) is 2.87. The number of rotatable bonds is 3. The van der Waals surface area contributed by atoms with Gasteiger partial charge in [0.2, 0.25) is 5.88 Å². The molecule has 2 rings (SSSR count). The van der Waals surface area contributed by atoms with Gasteiger partial charge in [0, 0.05) is 10.7 Å². The van der Waals surface area contributed by atoms with Gasteiger partial charge >= 0.3 is 0 Å². The topological polar surface area (TPSA) is 48.1 Å². The molecule has 17 heavy (non-hydrogen) atoms. The lowest BCUT2D eigenvalue weighted by atomic mass is 10.2. The van der Waals surface area contributed by atoms with Gasteiger partial charge < -0.3 is 10.5 Å². The molecule has 5 heteroatoms. The van der Waals surface area contributed by atoms with Crippen molar-refractivity contribution < 1.29 is 4.74 Å². The summed E-state index contributed by atoms with van der Waals surface area (Å²) in [4.78, 5) is 4.02. The Hall–Kier alpha value is -1.26. The fourth-order valence-corrected chi connectivity index (χ4v) is 1.73. The first-order chi connectivity index (χ1) is 8.15. The van der Waals surface area contributed by atoms with E-state index in [0.29, 0.717) is 23.2 Å². The Kier molecular flexibility index (Phi) is 3.86. The lowest BCUT2D eigenvalue weighted by Gasteiger charge is -2.07. The molecule has 0 fully saturated rings. The number of anilines is 1. The Morgan fingerprint density at radius 2 is 2.00 bits per heavy atom. The number of hydrogen-bond acceptors (Lipinski definition) is 3. The quantitative estimate of drug-likeness (QED) is 0.940. The average Bonchev–Trinajstić information content (AvgIpc) is 2.30. The molecule has 0 saturated carbocycles. The van der Waals surface area contributed by atoms with Gasteiger partial charge in [0.25, 0.3) is 0 Å². The summed E-state index contributed by atoms with van der Waals surface area (Å²) in [5, 5.41) is 0.499.